The normalized spacial score (nSPS) is 12.5. The lowest BCUT2D eigenvalue weighted by molar-refractivity contribution is -0.153. The van der Waals surface area contributed by atoms with Crippen molar-refractivity contribution in [1.29, 1.82) is 0 Å². The highest BCUT2D eigenvalue weighted by Crippen LogP contribution is 2.25. The van der Waals surface area contributed by atoms with E-state index in [4.69, 9.17) is 22.1 Å². The van der Waals surface area contributed by atoms with Gasteiger partial charge >= 0.3 is 12.0 Å². The average molecular weight is 404 g/mol. The van der Waals surface area contributed by atoms with Crippen molar-refractivity contribution in [2.24, 2.45) is 5.73 Å². The van der Waals surface area contributed by atoms with Crippen LogP contribution in [0.5, 0.6) is 0 Å². The van der Waals surface area contributed by atoms with Gasteiger partial charge in [-0.15, -0.1) is 0 Å². The summed E-state index contributed by atoms with van der Waals surface area (Å²) >= 11 is 6.14. The number of urea groups is 1. The van der Waals surface area contributed by atoms with E-state index in [1.165, 1.54) is 6.92 Å². The molecule has 0 saturated carbocycles. The molecule has 2 aromatic carbocycles. The van der Waals surface area contributed by atoms with E-state index in [0.717, 1.165) is 5.56 Å². The summed E-state index contributed by atoms with van der Waals surface area (Å²) in [5, 5.41) is 5.52. The summed E-state index contributed by atoms with van der Waals surface area (Å²) in [5.41, 5.74) is 7.38. The SMILES string of the molecule is Cc1ccc(NC(=O)[C@@H](C)OC(=O)C[C@H](NC(N)=O)c2ccccc2Cl)cc1. The van der Waals surface area contributed by atoms with E-state index in [2.05, 4.69) is 10.6 Å². The van der Waals surface area contributed by atoms with E-state index in [0.29, 0.717) is 16.3 Å². The van der Waals surface area contributed by atoms with E-state index in [1.807, 2.05) is 19.1 Å². The van der Waals surface area contributed by atoms with E-state index in [-0.39, 0.29) is 6.42 Å². The van der Waals surface area contributed by atoms with Crippen LogP contribution in [0, 0.1) is 6.92 Å². The standard InChI is InChI=1S/C20H22ClN3O4/c1-12-7-9-14(10-8-12)23-19(26)13(2)28-18(25)11-17(24-20(22)27)15-5-3-4-6-16(15)21/h3-10,13,17H,11H2,1-2H3,(H,23,26)(H3,22,24,27)/t13-,17+/m1/s1. The third kappa shape index (κ3) is 6.28. The smallest absolute Gasteiger partial charge is 0.312 e. The molecule has 0 fully saturated rings. The van der Waals surface area contributed by atoms with Crippen molar-refractivity contribution >= 4 is 35.2 Å². The molecule has 0 aliphatic rings. The largest absolute Gasteiger partial charge is 0.452 e. The molecule has 0 aliphatic carbocycles. The number of esters is 1. The molecule has 0 bridgehead atoms. The highest BCUT2D eigenvalue weighted by molar-refractivity contribution is 6.31. The van der Waals surface area contributed by atoms with E-state index >= 15 is 0 Å². The van der Waals surface area contributed by atoms with Crippen molar-refractivity contribution in [2.75, 3.05) is 5.32 Å². The van der Waals surface area contributed by atoms with Gasteiger partial charge in [-0.25, -0.2) is 4.79 Å². The van der Waals surface area contributed by atoms with Crippen molar-refractivity contribution in [2.45, 2.75) is 32.4 Å². The Morgan fingerprint density at radius 1 is 1.11 bits per heavy atom. The van der Waals surface area contributed by atoms with Gasteiger partial charge in [0.15, 0.2) is 6.10 Å². The van der Waals surface area contributed by atoms with Crippen LogP contribution in [0.25, 0.3) is 0 Å². The third-order valence-corrected chi connectivity index (χ3v) is 4.31. The second-order valence-corrected chi connectivity index (χ2v) is 6.68. The van der Waals surface area contributed by atoms with E-state index < -0.39 is 30.1 Å². The van der Waals surface area contributed by atoms with E-state index in [9.17, 15) is 14.4 Å². The van der Waals surface area contributed by atoms with Crippen molar-refractivity contribution in [1.82, 2.24) is 5.32 Å². The van der Waals surface area contributed by atoms with Gasteiger partial charge in [0.25, 0.3) is 5.91 Å². The van der Waals surface area contributed by atoms with Gasteiger partial charge in [-0.1, -0.05) is 47.5 Å². The fraction of sp³-hybridized carbons (Fsp3) is 0.250. The Morgan fingerprint density at radius 3 is 2.36 bits per heavy atom. The van der Waals surface area contributed by atoms with Crippen LogP contribution >= 0.6 is 11.6 Å². The fourth-order valence-corrected chi connectivity index (χ4v) is 2.78. The number of hydrogen-bond donors (Lipinski definition) is 3. The molecular formula is C20H22ClN3O4. The van der Waals surface area contributed by atoms with Crippen LogP contribution in [0.1, 0.15) is 30.5 Å². The Labute approximate surface area is 168 Å². The maximum Gasteiger partial charge on any atom is 0.312 e. The number of nitrogens with one attached hydrogen (secondary N) is 2. The summed E-state index contributed by atoms with van der Waals surface area (Å²) in [4.78, 5) is 35.8. The molecule has 7 nitrogen and oxygen atoms in total. The first-order valence-electron chi connectivity index (χ1n) is 8.63. The van der Waals surface area contributed by atoms with Gasteiger partial charge in [0.05, 0.1) is 12.5 Å². The van der Waals surface area contributed by atoms with Gasteiger partial charge in [0, 0.05) is 10.7 Å². The Bertz CT molecular complexity index is 855. The number of nitrogens with two attached hydrogens (primary N) is 1. The number of aryl methyl sites for hydroxylation is 1. The Hall–Kier alpha value is -3.06. The zero-order valence-electron chi connectivity index (χ0n) is 15.6. The lowest BCUT2D eigenvalue weighted by Gasteiger charge is -2.20. The molecular weight excluding hydrogens is 382 g/mol. The van der Waals surface area contributed by atoms with Gasteiger partial charge in [-0.05, 0) is 37.6 Å². The number of anilines is 1. The van der Waals surface area contributed by atoms with Crippen molar-refractivity contribution in [3.05, 3.63) is 64.7 Å². The summed E-state index contributed by atoms with van der Waals surface area (Å²) in [6.45, 7) is 3.40. The number of halogens is 1. The monoisotopic (exact) mass is 403 g/mol. The lowest BCUT2D eigenvalue weighted by Crippen LogP contribution is -2.36. The quantitative estimate of drug-likeness (QED) is 0.616. The summed E-state index contributed by atoms with van der Waals surface area (Å²) < 4.78 is 5.20. The van der Waals surface area contributed by atoms with Gasteiger partial charge in [0.1, 0.15) is 0 Å². The van der Waals surface area contributed by atoms with Gasteiger partial charge < -0.3 is 21.1 Å². The second-order valence-electron chi connectivity index (χ2n) is 6.27. The topological polar surface area (TPSA) is 111 Å². The number of carbonyl (C=O) groups is 3. The van der Waals surface area contributed by atoms with Crippen LogP contribution < -0.4 is 16.4 Å². The summed E-state index contributed by atoms with van der Waals surface area (Å²) in [6.07, 6.45) is -1.25. The molecule has 0 aliphatic heterocycles. The number of amides is 3. The molecule has 148 valence electrons. The minimum absolute atomic E-state index is 0.227. The summed E-state index contributed by atoms with van der Waals surface area (Å²) in [6, 6.07) is 12.4. The molecule has 28 heavy (non-hydrogen) atoms. The highest BCUT2D eigenvalue weighted by Gasteiger charge is 2.24. The second kappa shape index (κ2) is 9.75. The Kier molecular flexibility index (Phi) is 7.40. The molecule has 0 spiro atoms. The molecule has 3 amide bonds. The zero-order chi connectivity index (χ0) is 20.7. The van der Waals surface area contributed by atoms with Crippen LogP contribution in [-0.2, 0) is 14.3 Å². The molecule has 2 aromatic rings. The molecule has 0 radical (unpaired) electrons. The van der Waals surface area contributed by atoms with E-state index in [1.54, 1.807) is 36.4 Å². The number of carbonyl (C=O) groups excluding carboxylic acids is 3. The third-order valence-electron chi connectivity index (χ3n) is 3.96. The van der Waals surface area contributed by atoms with Crippen LogP contribution in [0.2, 0.25) is 5.02 Å². The maximum atomic E-state index is 12.3. The molecule has 4 N–H and O–H groups in total. The first-order chi connectivity index (χ1) is 13.3. The van der Waals surface area contributed by atoms with Crippen molar-refractivity contribution in [3.63, 3.8) is 0 Å². The molecule has 0 saturated heterocycles. The van der Waals surface area contributed by atoms with Gasteiger partial charge in [-0.2, -0.15) is 0 Å². The molecule has 2 rings (SSSR count). The molecule has 8 heteroatoms. The Morgan fingerprint density at radius 2 is 1.75 bits per heavy atom. The molecule has 0 unspecified atom stereocenters. The number of hydrogen-bond acceptors (Lipinski definition) is 4. The predicted molar refractivity (Wildman–Crippen MR) is 107 cm³/mol. The fourth-order valence-electron chi connectivity index (χ4n) is 2.51. The number of primary amides is 1. The molecule has 0 heterocycles. The average Bonchev–Trinajstić information content (AvgIpc) is 2.63. The Balaban J connectivity index is 1.99. The minimum Gasteiger partial charge on any atom is -0.452 e. The van der Waals surface area contributed by atoms with Crippen molar-refractivity contribution < 1.29 is 19.1 Å². The van der Waals surface area contributed by atoms with Crippen LogP contribution in [0.15, 0.2) is 48.5 Å². The van der Waals surface area contributed by atoms with Gasteiger partial charge in [0.2, 0.25) is 0 Å². The van der Waals surface area contributed by atoms with Crippen LogP contribution in [0.3, 0.4) is 0 Å². The summed E-state index contributed by atoms with van der Waals surface area (Å²) in [5.74, 6) is -1.14. The van der Waals surface area contributed by atoms with Crippen LogP contribution in [-0.4, -0.2) is 24.0 Å². The minimum atomic E-state index is -1.02. The molecule has 2 atom stereocenters. The predicted octanol–water partition coefficient (Wildman–Crippen LogP) is 3.32. The van der Waals surface area contributed by atoms with Crippen LogP contribution in [0.4, 0.5) is 10.5 Å². The highest BCUT2D eigenvalue weighted by atomic mass is 35.5. The van der Waals surface area contributed by atoms with Gasteiger partial charge in [-0.3, -0.25) is 9.59 Å². The lowest BCUT2D eigenvalue weighted by atomic mass is 10.0. The number of benzene rings is 2. The van der Waals surface area contributed by atoms with Crippen molar-refractivity contribution in [3.8, 4) is 0 Å². The zero-order valence-corrected chi connectivity index (χ0v) is 16.3. The number of rotatable bonds is 7. The first kappa shape index (κ1) is 21.2. The molecule has 0 aromatic heterocycles. The first-order valence-corrected chi connectivity index (χ1v) is 9.01. The maximum absolute atomic E-state index is 12.3. The summed E-state index contributed by atoms with van der Waals surface area (Å²) in [7, 11) is 0. The number of ether oxygens (including phenoxy) is 1.